The predicted octanol–water partition coefficient (Wildman–Crippen LogP) is 2.22. The Bertz CT molecular complexity index is 965. The molecule has 0 aliphatic carbocycles. The molecule has 29 heavy (non-hydrogen) atoms. The Morgan fingerprint density at radius 2 is 1.55 bits per heavy atom. The van der Waals surface area contributed by atoms with Crippen LogP contribution in [0.5, 0.6) is 11.5 Å². The number of rotatable bonds is 6. The Labute approximate surface area is 171 Å². The van der Waals surface area contributed by atoms with E-state index in [1.165, 1.54) is 23.5 Å². The summed E-state index contributed by atoms with van der Waals surface area (Å²) in [7, 11) is -2.06. The average Bonchev–Trinajstić information content (AvgIpc) is 2.74. The molecular formula is C21H26N2O5S. The molecule has 0 spiro atoms. The summed E-state index contributed by atoms with van der Waals surface area (Å²) < 4.78 is 37.7. The second-order valence-electron chi connectivity index (χ2n) is 7.00. The lowest BCUT2D eigenvalue weighted by Gasteiger charge is -2.34. The Balaban J connectivity index is 1.54. The summed E-state index contributed by atoms with van der Waals surface area (Å²) in [4.78, 5) is 14.3. The summed E-state index contributed by atoms with van der Waals surface area (Å²) >= 11 is 0. The Morgan fingerprint density at radius 1 is 0.931 bits per heavy atom. The van der Waals surface area contributed by atoms with Crippen molar-refractivity contribution >= 4 is 15.9 Å². The Kier molecular flexibility index (Phi) is 6.44. The van der Waals surface area contributed by atoms with Crippen molar-refractivity contribution < 1.29 is 22.7 Å². The predicted molar refractivity (Wildman–Crippen MR) is 110 cm³/mol. The summed E-state index contributed by atoms with van der Waals surface area (Å²) in [5.41, 5.74) is 2.27. The van der Waals surface area contributed by atoms with Crippen LogP contribution in [-0.2, 0) is 14.8 Å². The quantitative estimate of drug-likeness (QED) is 0.719. The third-order valence-electron chi connectivity index (χ3n) is 5.13. The highest BCUT2D eigenvalue weighted by atomic mass is 32.2. The molecule has 0 bridgehead atoms. The van der Waals surface area contributed by atoms with Crippen LogP contribution in [-0.4, -0.2) is 63.4 Å². The van der Waals surface area contributed by atoms with Gasteiger partial charge in [0.1, 0.15) is 11.5 Å². The number of hydrogen-bond acceptors (Lipinski definition) is 5. The van der Waals surface area contributed by atoms with Gasteiger partial charge < -0.3 is 14.4 Å². The molecule has 1 aliphatic heterocycles. The molecule has 0 aromatic heterocycles. The zero-order chi connectivity index (χ0) is 21.0. The molecule has 0 unspecified atom stereocenters. The largest absolute Gasteiger partial charge is 0.497 e. The van der Waals surface area contributed by atoms with Crippen LogP contribution < -0.4 is 9.47 Å². The highest BCUT2D eigenvalue weighted by Crippen LogP contribution is 2.21. The fourth-order valence-electron chi connectivity index (χ4n) is 3.11. The van der Waals surface area contributed by atoms with Crippen LogP contribution in [0.2, 0.25) is 0 Å². The number of methoxy groups -OCH3 is 1. The fraction of sp³-hybridized carbons (Fsp3) is 0.381. The minimum absolute atomic E-state index is 0.0618. The van der Waals surface area contributed by atoms with Crippen LogP contribution in [0, 0.1) is 13.8 Å². The topological polar surface area (TPSA) is 76.2 Å². The van der Waals surface area contributed by atoms with Crippen molar-refractivity contribution in [3.63, 3.8) is 0 Å². The molecule has 8 heteroatoms. The second-order valence-corrected chi connectivity index (χ2v) is 8.93. The molecule has 1 amide bonds. The van der Waals surface area contributed by atoms with Gasteiger partial charge >= 0.3 is 0 Å². The van der Waals surface area contributed by atoms with Crippen molar-refractivity contribution in [3.05, 3.63) is 53.6 Å². The number of piperazine rings is 1. The third kappa shape index (κ3) is 4.89. The number of carbonyl (C=O) groups excluding carboxylic acids is 1. The van der Waals surface area contributed by atoms with Crippen LogP contribution in [0.3, 0.4) is 0 Å². The van der Waals surface area contributed by atoms with Crippen LogP contribution in [0.1, 0.15) is 11.1 Å². The zero-order valence-corrected chi connectivity index (χ0v) is 17.7. The van der Waals surface area contributed by atoms with Crippen molar-refractivity contribution in [2.24, 2.45) is 0 Å². The van der Waals surface area contributed by atoms with Crippen LogP contribution >= 0.6 is 0 Å². The van der Waals surface area contributed by atoms with Crippen LogP contribution in [0.15, 0.2) is 47.4 Å². The van der Waals surface area contributed by atoms with Crippen molar-refractivity contribution in [1.29, 1.82) is 0 Å². The first-order valence-electron chi connectivity index (χ1n) is 9.43. The second kappa shape index (κ2) is 8.84. The van der Waals surface area contributed by atoms with E-state index in [0.717, 1.165) is 11.1 Å². The van der Waals surface area contributed by atoms with Gasteiger partial charge in [-0.25, -0.2) is 8.42 Å². The molecule has 0 radical (unpaired) electrons. The summed E-state index contributed by atoms with van der Waals surface area (Å²) in [6.07, 6.45) is 0. The minimum atomic E-state index is -3.59. The standard InChI is InChI=1S/C21H26N2O5S/c1-16-4-5-19(14-17(16)2)28-15-21(24)22-10-12-23(13-11-22)29(25,26)20-8-6-18(27-3)7-9-20/h4-9,14H,10-13,15H2,1-3H3. The van der Waals surface area contributed by atoms with Crippen LogP contribution in [0.4, 0.5) is 0 Å². The van der Waals surface area contributed by atoms with E-state index < -0.39 is 10.0 Å². The Hall–Kier alpha value is -2.58. The number of benzene rings is 2. The lowest BCUT2D eigenvalue weighted by Crippen LogP contribution is -2.51. The number of ether oxygens (including phenoxy) is 2. The first-order chi connectivity index (χ1) is 13.8. The molecule has 7 nitrogen and oxygen atoms in total. The number of carbonyl (C=O) groups is 1. The van der Waals surface area contributed by atoms with Gasteiger partial charge in [-0.15, -0.1) is 0 Å². The van der Waals surface area contributed by atoms with Gasteiger partial charge in [0.2, 0.25) is 10.0 Å². The van der Waals surface area contributed by atoms with E-state index in [9.17, 15) is 13.2 Å². The van der Waals surface area contributed by atoms with Gasteiger partial charge in [-0.1, -0.05) is 6.07 Å². The smallest absolute Gasteiger partial charge is 0.260 e. The van der Waals surface area contributed by atoms with E-state index in [4.69, 9.17) is 9.47 Å². The zero-order valence-electron chi connectivity index (χ0n) is 16.9. The van der Waals surface area contributed by atoms with E-state index >= 15 is 0 Å². The maximum absolute atomic E-state index is 12.8. The number of amides is 1. The van der Waals surface area contributed by atoms with Crippen molar-refractivity contribution in [2.45, 2.75) is 18.7 Å². The summed E-state index contributed by atoms with van der Waals surface area (Å²) in [6, 6.07) is 12.0. The summed E-state index contributed by atoms with van der Waals surface area (Å²) in [6.45, 7) is 5.13. The average molecular weight is 419 g/mol. The monoisotopic (exact) mass is 418 g/mol. The van der Waals surface area contributed by atoms with Gasteiger partial charge in [-0.3, -0.25) is 4.79 Å². The minimum Gasteiger partial charge on any atom is -0.497 e. The summed E-state index contributed by atoms with van der Waals surface area (Å²) in [5, 5.41) is 0. The number of sulfonamides is 1. The summed E-state index contributed by atoms with van der Waals surface area (Å²) in [5.74, 6) is 1.11. The molecule has 0 N–H and O–H groups in total. The molecule has 2 aromatic carbocycles. The highest BCUT2D eigenvalue weighted by Gasteiger charge is 2.30. The highest BCUT2D eigenvalue weighted by molar-refractivity contribution is 7.89. The molecule has 156 valence electrons. The normalized spacial score (nSPS) is 15.2. The van der Waals surface area contributed by atoms with E-state index in [1.54, 1.807) is 17.0 Å². The van der Waals surface area contributed by atoms with E-state index in [2.05, 4.69) is 0 Å². The number of hydrogen-bond donors (Lipinski definition) is 0. The molecule has 3 rings (SSSR count). The van der Waals surface area contributed by atoms with E-state index in [-0.39, 0.29) is 30.5 Å². The van der Waals surface area contributed by atoms with Gasteiger partial charge in [0.05, 0.1) is 12.0 Å². The molecule has 2 aromatic rings. The SMILES string of the molecule is COc1ccc(S(=O)(=O)N2CCN(C(=O)COc3ccc(C)c(C)c3)CC2)cc1. The van der Waals surface area contributed by atoms with Gasteiger partial charge in [0.15, 0.2) is 6.61 Å². The molecule has 0 saturated carbocycles. The fourth-order valence-corrected chi connectivity index (χ4v) is 4.54. The van der Waals surface area contributed by atoms with Crippen molar-refractivity contribution in [1.82, 2.24) is 9.21 Å². The van der Waals surface area contributed by atoms with Gasteiger partial charge in [0, 0.05) is 26.2 Å². The first kappa shape index (κ1) is 21.1. The lowest BCUT2D eigenvalue weighted by molar-refractivity contribution is -0.134. The molecule has 0 atom stereocenters. The van der Waals surface area contributed by atoms with E-state index in [1.807, 2.05) is 32.0 Å². The third-order valence-corrected chi connectivity index (χ3v) is 7.04. The van der Waals surface area contributed by atoms with Gasteiger partial charge in [-0.2, -0.15) is 4.31 Å². The molecule has 1 fully saturated rings. The van der Waals surface area contributed by atoms with Gasteiger partial charge in [-0.05, 0) is 61.4 Å². The molecule has 1 heterocycles. The molecule has 1 aliphatic rings. The Morgan fingerprint density at radius 3 is 2.14 bits per heavy atom. The first-order valence-corrected chi connectivity index (χ1v) is 10.9. The lowest BCUT2D eigenvalue weighted by atomic mass is 10.1. The van der Waals surface area contributed by atoms with Crippen LogP contribution in [0.25, 0.3) is 0 Å². The molecular weight excluding hydrogens is 392 g/mol. The molecule has 1 saturated heterocycles. The van der Waals surface area contributed by atoms with E-state index in [0.29, 0.717) is 24.6 Å². The number of aryl methyl sites for hydroxylation is 2. The maximum Gasteiger partial charge on any atom is 0.260 e. The maximum atomic E-state index is 12.8. The van der Waals surface area contributed by atoms with Gasteiger partial charge in [0.25, 0.3) is 5.91 Å². The van der Waals surface area contributed by atoms with Crippen molar-refractivity contribution in [3.8, 4) is 11.5 Å². The number of nitrogens with zero attached hydrogens (tertiary/aromatic N) is 2. The van der Waals surface area contributed by atoms with Crippen molar-refractivity contribution in [2.75, 3.05) is 39.9 Å².